The molecule has 0 amide bonds. The van der Waals surface area contributed by atoms with E-state index in [-0.39, 0.29) is 0 Å². The van der Waals surface area contributed by atoms with Crippen LogP contribution in [-0.2, 0) is 0 Å². The number of hydrogen-bond acceptors (Lipinski definition) is 4. The summed E-state index contributed by atoms with van der Waals surface area (Å²) >= 11 is 0. The standard InChI is InChI=1S/C21H40N4/c1-17(2)24-10-5-7-20(15-24)14-19(22-20)13-18(3)25-11-6-8-21(16-25)9-12-23(21)4/h17-19,22H,5-16H2,1-4H3. The highest BCUT2D eigenvalue weighted by atomic mass is 15.3. The zero-order valence-corrected chi connectivity index (χ0v) is 17.1. The molecule has 0 aromatic carbocycles. The molecule has 1 N–H and O–H groups in total. The minimum Gasteiger partial charge on any atom is -0.307 e. The van der Waals surface area contributed by atoms with Crippen LogP contribution in [-0.4, -0.2) is 83.7 Å². The fraction of sp³-hybridized carbons (Fsp3) is 1.00. The third kappa shape index (κ3) is 3.40. The summed E-state index contributed by atoms with van der Waals surface area (Å²) < 4.78 is 0. The van der Waals surface area contributed by atoms with Crippen molar-refractivity contribution in [3.8, 4) is 0 Å². The fourth-order valence-corrected chi connectivity index (χ4v) is 6.17. The highest BCUT2D eigenvalue weighted by Gasteiger charge is 2.48. The summed E-state index contributed by atoms with van der Waals surface area (Å²) in [6.07, 6.45) is 9.72. The van der Waals surface area contributed by atoms with Crippen LogP contribution in [0.4, 0.5) is 0 Å². The van der Waals surface area contributed by atoms with Gasteiger partial charge in [-0.25, -0.2) is 0 Å². The van der Waals surface area contributed by atoms with Crippen molar-refractivity contribution in [2.45, 2.75) is 94.9 Å². The molecule has 4 heteroatoms. The molecule has 4 aliphatic rings. The van der Waals surface area contributed by atoms with Crippen LogP contribution in [0.25, 0.3) is 0 Å². The largest absolute Gasteiger partial charge is 0.307 e. The summed E-state index contributed by atoms with van der Waals surface area (Å²) in [4.78, 5) is 8.09. The van der Waals surface area contributed by atoms with Crippen molar-refractivity contribution in [2.24, 2.45) is 0 Å². The van der Waals surface area contributed by atoms with Crippen molar-refractivity contribution in [1.29, 1.82) is 0 Å². The molecule has 4 saturated heterocycles. The maximum absolute atomic E-state index is 4.03. The molecule has 0 saturated carbocycles. The molecule has 4 heterocycles. The van der Waals surface area contributed by atoms with E-state index < -0.39 is 0 Å². The first-order valence-corrected chi connectivity index (χ1v) is 10.9. The van der Waals surface area contributed by atoms with E-state index >= 15 is 0 Å². The van der Waals surface area contributed by atoms with Crippen molar-refractivity contribution in [2.75, 3.05) is 39.8 Å². The molecule has 4 rings (SSSR count). The third-order valence-corrected chi connectivity index (χ3v) is 8.04. The lowest BCUT2D eigenvalue weighted by Crippen LogP contribution is -2.71. The van der Waals surface area contributed by atoms with Crippen molar-refractivity contribution in [3.63, 3.8) is 0 Å². The van der Waals surface area contributed by atoms with Crippen molar-refractivity contribution in [3.05, 3.63) is 0 Å². The van der Waals surface area contributed by atoms with Crippen LogP contribution in [0.1, 0.15) is 65.7 Å². The Balaban J connectivity index is 1.26. The monoisotopic (exact) mass is 348 g/mol. The lowest BCUT2D eigenvalue weighted by Gasteiger charge is -2.58. The first kappa shape index (κ1) is 18.2. The van der Waals surface area contributed by atoms with Gasteiger partial charge in [-0.2, -0.15) is 0 Å². The summed E-state index contributed by atoms with van der Waals surface area (Å²) in [5.74, 6) is 0. The lowest BCUT2D eigenvalue weighted by molar-refractivity contribution is -0.0616. The van der Waals surface area contributed by atoms with Crippen LogP contribution in [0.5, 0.6) is 0 Å². The quantitative estimate of drug-likeness (QED) is 0.843. The number of likely N-dealkylation sites (tertiary alicyclic amines) is 3. The molecule has 4 aliphatic heterocycles. The van der Waals surface area contributed by atoms with E-state index in [4.69, 9.17) is 0 Å². The molecular formula is C21H40N4. The summed E-state index contributed by atoms with van der Waals surface area (Å²) in [6.45, 7) is 13.7. The van der Waals surface area contributed by atoms with Gasteiger partial charge >= 0.3 is 0 Å². The minimum absolute atomic E-state index is 0.449. The van der Waals surface area contributed by atoms with Crippen LogP contribution >= 0.6 is 0 Å². The van der Waals surface area contributed by atoms with Gasteiger partial charge in [0.05, 0.1) is 0 Å². The Bertz CT molecular complexity index is 473. The van der Waals surface area contributed by atoms with E-state index in [1.807, 2.05) is 0 Å². The topological polar surface area (TPSA) is 21.8 Å². The molecule has 0 aromatic rings. The molecule has 4 nitrogen and oxygen atoms in total. The average Bonchev–Trinajstić information content (AvgIpc) is 2.59. The molecule has 0 aliphatic carbocycles. The molecule has 4 fully saturated rings. The molecule has 4 unspecified atom stereocenters. The summed E-state index contributed by atoms with van der Waals surface area (Å²) in [5.41, 5.74) is 0.978. The van der Waals surface area contributed by atoms with Crippen LogP contribution in [0.15, 0.2) is 0 Å². The smallest absolute Gasteiger partial charge is 0.0346 e. The Kier molecular flexibility index (Phi) is 4.94. The Morgan fingerprint density at radius 3 is 2.32 bits per heavy atom. The third-order valence-electron chi connectivity index (χ3n) is 8.04. The maximum atomic E-state index is 4.03. The Morgan fingerprint density at radius 1 is 0.960 bits per heavy atom. The number of piperidine rings is 2. The second kappa shape index (κ2) is 6.78. The van der Waals surface area contributed by atoms with Crippen molar-refractivity contribution >= 4 is 0 Å². The van der Waals surface area contributed by atoms with Crippen LogP contribution < -0.4 is 5.32 Å². The van der Waals surface area contributed by atoms with Gasteiger partial charge in [-0.3, -0.25) is 14.7 Å². The van der Waals surface area contributed by atoms with Gasteiger partial charge in [0.1, 0.15) is 0 Å². The molecule has 0 bridgehead atoms. The van der Waals surface area contributed by atoms with Crippen LogP contribution in [0, 0.1) is 0 Å². The van der Waals surface area contributed by atoms with E-state index in [2.05, 4.69) is 47.8 Å². The van der Waals surface area contributed by atoms with Gasteiger partial charge in [0, 0.05) is 48.8 Å². The molecule has 4 atom stereocenters. The van der Waals surface area contributed by atoms with E-state index in [9.17, 15) is 0 Å². The van der Waals surface area contributed by atoms with Gasteiger partial charge < -0.3 is 5.32 Å². The molecule has 144 valence electrons. The zero-order valence-electron chi connectivity index (χ0n) is 17.1. The van der Waals surface area contributed by atoms with E-state index in [0.29, 0.717) is 17.1 Å². The van der Waals surface area contributed by atoms with Gasteiger partial charge in [0.15, 0.2) is 0 Å². The van der Waals surface area contributed by atoms with Gasteiger partial charge in [-0.05, 0) is 85.9 Å². The molecule has 25 heavy (non-hydrogen) atoms. The van der Waals surface area contributed by atoms with E-state index in [1.54, 1.807) is 0 Å². The molecule has 0 aromatic heterocycles. The number of nitrogens with one attached hydrogen (secondary N) is 1. The lowest BCUT2D eigenvalue weighted by atomic mass is 9.73. The fourth-order valence-electron chi connectivity index (χ4n) is 6.17. The predicted molar refractivity (Wildman–Crippen MR) is 105 cm³/mol. The normalized spacial score (nSPS) is 41.9. The SMILES string of the molecule is CC(C)N1CCCC2(CC(CC(C)N3CCCC4(CCN4C)C3)N2)C1. The second-order valence-electron chi connectivity index (χ2n) is 10.0. The highest BCUT2D eigenvalue weighted by Crippen LogP contribution is 2.39. The molecule has 2 spiro atoms. The summed E-state index contributed by atoms with van der Waals surface area (Å²) in [5, 5.41) is 4.03. The van der Waals surface area contributed by atoms with Crippen molar-refractivity contribution in [1.82, 2.24) is 20.0 Å². The van der Waals surface area contributed by atoms with E-state index in [1.165, 1.54) is 77.7 Å². The number of hydrogen-bond donors (Lipinski definition) is 1. The average molecular weight is 349 g/mol. The zero-order chi connectivity index (χ0) is 17.7. The predicted octanol–water partition coefficient (Wildman–Crippen LogP) is 2.54. The maximum Gasteiger partial charge on any atom is 0.0346 e. The molecule has 0 radical (unpaired) electrons. The number of nitrogens with zero attached hydrogens (tertiary/aromatic N) is 3. The second-order valence-corrected chi connectivity index (χ2v) is 10.0. The number of rotatable bonds is 4. The summed E-state index contributed by atoms with van der Waals surface area (Å²) in [7, 11) is 2.33. The number of likely N-dealkylation sites (N-methyl/N-ethyl adjacent to an activating group) is 1. The van der Waals surface area contributed by atoms with Crippen molar-refractivity contribution < 1.29 is 0 Å². The Morgan fingerprint density at radius 2 is 1.68 bits per heavy atom. The van der Waals surface area contributed by atoms with Crippen LogP contribution in [0.3, 0.4) is 0 Å². The van der Waals surface area contributed by atoms with Gasteiger partial charge in [-0.1, -0.05) is 0 Å². The first-order valence-electron chi connectivity index (χ1n) is 10.9. The minimum atomic E-state index is 0.449. The van der Waals surface area contributed by atoms with Gasteiger partial charge in [-0.15, -0.1) is 0 Å². The Hall–Kier alpha value is -0.160. The Labute approximate surface area is 155 Å². The van der Waals surface area contributed by atoms with Gasteiger partial charge in [0.2, 0.25) is 0 Å². The summed E-state index contributed by atoms with van der Waals surface area (Å²) in [6, 6.07) is 2.17. The van der Waals surface area contributed by atoms with E-state index in [0.717, 1.165) is 12.1 Å². The van der Waals surface area contributed by atoms with Gasteiger partial charge in [0.25, 0.3) is 0 Å². The highest BCUT2D eigenvalue weighted by molar-refractivity contribution is 5.08. The van der Waals surface area contributed by atoms with Crippen LogP contribution in [0.2, 0.25) is 0 Å². The first-order chi connectivity index (χ1) is 11.9. The molecular weight excluding hydrogens is 308 g/mol.